The maximum Gasteiger partial charge on any atom is 0.159 e. The normalized spacial score (nSPS) is 20.4. The molecule has 0 aliphatic carbocycles. The fraction of sp³-hybridized carbons (Fsp3) is 0.435. The van der Waals surface area contributed by atoms with E-state index in [0.29, 0.717) is 0 Å². The molecule has 0 spiro atoms. The molecular formula is C23H29NO3. The van der Waals surface area contributed by atoms with Crippen LogP contribution in [0.25, 0.3) is 0 Å². The second kappa shape index (κ2) is 8.68. The molecular weight excluding hydrogens is 338 g/mol. The van der Waals surface area contributed by atoms with Gasteiger partial charge in [-0.3, -0.25) is 9.69 Å². The van der Waals surface area contributed by atoms with Crippen molar-refractivity contribution in [2.45, 2.75) is 32.7 Å². The Morgan fingerprint density at radius 3 is 2.70 bits per heavy atom. The molecule has 1 N–H and O–H groups in total. The quantitative estimate of drug-likeness (QED) is 0.758. The summed E-state index contributed by atoms with van der Waals surface area (Å²) in [5, 5.41) is 10.2. The molecule has 1 aliphatic heterocycles. The highest BCUT2D eigenvalue weighted by Crippen LogP contribution is 2.34. The first kappa shape index (κ1) is 19.6. The summed E-state index contributed by atoms with van der Waals surface area (Å²) in [7, 11) is 1.68. The van der Waals surface area contributed by atoms with Gasteiger partial charge in [0.25, 0.3) is 0 Å². The predicted molar refractivity (Wildman–Crippen MR) is 107 cm³/mol. The first-order valence-electron chi connectivity index (χ1n) is 9.60. The van der Waals surface area contributed by atoms with Crippen molar-refractivity contribution in [3.05, 3.63) is 65.2 Å². The monoisotopic (exact) mass is 367 g/mol. The minimum Gasteiger partial charge on any atom is -0.497 e. The van der Waals surface area contributed by atoms with Crippen molar-refractivity contribution in [2.24, 2.45) is 5.41 Å². The predicted octanol–water partition coefficient (Wildman–Crippen LogP) is 3.72. The maximum absolute atomic E-state index is 11.6. The van der Waals surface area contributed by atoms with E-state index in [2.05, 4.69) is 23.1 Å². The summed E-state index contributed by atoms with van der Waals surface area (Å²) >= 11 is 0. The van der Waals surface area contributed by atoms with E-state index >= 15 is 0 Å². The second-order valence-corrected chi connectivity index (χ2v) is 7.76. The number of piperidine rings is 1. The third-order valence-corrected chi connectivity index (χ3v) is 5.53. The molecule has 1 fully saturated rings. The second-order valence-electron chi connectivity index (χ2n) is 7.76. The van der Waals surface area contributed by atoms with Crippen LogP contribution in [0.2, 0.25) is 0 Å². The van der Waals surface area contributed by atoms with E-state index in [1.165, 1.54) is 5.56 Å². The number of hydrogen-bond donors (Lipinski definition) is 1. The number of rotatable bonds is 7. The topological polar surface area (TPSA) is 49.8 Å². The molecule has 0 radical (unpaired) electrons. The Labute approximate surface area is 161 Å². The zero-order valence-electron chi connectivity index (χ0n) is 16.3. The number of benzene rings is 2. The molecule has 4 nitrogen and oxygen atoms in total. The molecule has 27 heavy (non-hydrogen) atoms. The molecule has 3 rings (SSSR count). The molecule has 1 heterocycles. The van der Waals surface area contributed by atoms with Gasteiger partial charge in [0.15, 0.2) is 5.78 Å². The molecule has 1 aliphatic rings. The lowest BCUT2D eigenvalue weighted by atomic mass is 9.75. The van der Waals surface area contributed by atoms with Gasteiger partial charge in [-0.15, -0.1) is 0 Å². The molecule has 0 bridgehead atoms. The van der Waals surface area contributed by atoms with E-state index < -0.39 is 0 Å². The molecule has 1 saturated heterocycles. The first-order valence-corrected chi connectivity index (χ1v) is 9.60. The number of Topliss-reactive ketones (excluding diaryl/α,β-unsaturated/α-hetero) is 1. The van der Waals surface area contributed by atoms with Gasteiger partial charge in [0.2, 0.25) is 0 Å². The van der Waals surface area contributed by atoms with Gasteiger partial charge in [0, 0.05) is 24.1 Å². The number of ether oxygens (including phenoxy) is 1. The Morgan fingerprint density at radius 2 is 1.96 bits per heavy atom. The van der Waals surface area contributed by atoms with Crippen molar-refractivity contribution in [1.82, 2.24) is 4.90 Å². The van der Waals surface area contributed by atoms with E-state index in [1.807, 2.05) is 30.3 Å². The summed E-state index contributed by atoms with van der Waals surface area (Å²) in [4.78, 5) is 14.0. The average molecular weight is 367 g/mol. The van der Waals surface area contributed by atoms with Gasteiger partial charge in [-0.2, -0.15) is 0 Å². The Balaban J connectivity index is 1.72. The highest BCUT2D eigenvalue weighted by Gasteiger charge is 2.35. The van der Waals surface area contributed by atoms with Gasteiger partial charge in [0.1, 0.15) is 5.75 Å². The molecule has 0 aromatic heterocycles. The fourth-order valence-corrected chi connectivity index (χ4v) is 4.14. The molecule has 4 heteroatoms. The molecule has 0 amide bonds. The zero-order valence-corrected chi connectivity index (χ0v) is 16.3. The summed E-state index contributed by atoms with van der Waals surface area (Å²) in [6, 6.07) is 16.0. The largest absolute Gasteiger partial charge is 0.497 e. The van der Waals surface area contributed by atoms with Gasteiger partial charge < -0.3 is 9.84 Å². The minimum absolute atomic E-state index is 0.0956. The molecule has 2 aromatic rings. The van der Waals surface area contributed by atoms with E-state index in [9.17, 15) is 9.90 Å². The summed E-state index contributed by atoms with van der Waals surface area (Å²) in [6.45, 7) is 4.45. The molecule has 0 saturated carbocycles. The number of ketones is 1. The number of carbonyl (C=O) groups is 1. The molecule has 144 valence electrons. The third kappa shape index (κ3) is 4.96. The van der Waals surface area contributed by atoms with Crippen molar-refractivity contribution in [3.8, 4) is 5.75 Å². The van der Waals surface area contributed by atoms with Gasteiger partial charge in [-0.1, -0.05) is 30.3 Å². The summed E-state index contributed by atoms with van der Waals surface area (Å²) in [5.41, 5.74) is 2.97. The van der Waals surface area contributed by atoms with Gasteiger partial charge in [0.05, 0.1) is 13.7 Å². The summed E-state index contributed by atoms with van der Waals surface area (Å²) in [6.07, 6.45) is 2.92. The van der Waals surface area contributed by atoms with Crippen molar-refractivity contribution in [1.29, 1.82) is 0 Å². The summed E-state index contributed by atoms with van der Waals surface area (Å²) < 4.78 is 5.34. The van der Waals surface area contributed by atoms with E-state index in [0.717, 1.165) is 55.8 Å². The van der Waals surface area contributed by atoms with Gasteiger partial charge in [-0.05, 0) is 62.1 Å². The third-order valence-electron chi connectivity index (χ3n) is 5.53. The van der Waals surface area contributed by atoms with Crippen molar-refractivity contribution in [3.63, 3.8) is 0 Å². The van der Waals surface area contributed by atoms with Crippen molar-refractivity contribution >= 4 is 5.78 Å². The Kier molecular flexibility index (Phi) is 6.30. The number of likely N-dealkylation sites (tertiary alicyclic amines) is 1. The number of aliphatic hydroxyl groups excluding tert-OH is 1. The maximum atomic E-state index is 11.6. The fourth-order valence-electron chi connectivity index (χ4n) is 4.14. The van der Waals surface area contributed by atoms with Crippen LogP contribution in [-0.4, -0.2) is 42.6 Å². The van der Waals surface area contributed by atoms with Crippen LogP contribution >= 0.6 is 0 Å². The lowest BCUT2D eigenvalue weighted by Gasteiger charge is -2.42. The molecule has 1 atom stereocenters. The van der Waals surface area contributed by atoms with Crippen LogP contribution in [0.15, 0.2) is 48.5 Å². The van der Waals surface area contributed by atoms with Crippen molar-refractivity contribution in [2.75, 3.05) is 26.8 Å². The summed E-state index contributed by atoms with van der Waals surface area (Å²) in [5.74, 6) is 0.951. The Morgan fingerprint density at radius 1 is 1.19 bits per heavy atom. The number of carbonyl (C=O) groups excluding carboxylic acids is 1. The number of methoxy groups -OCH3 is 1. The van der Waals surface area contributed by atoms with Crippen molar-refractivity contribution < 1.29 is 14.6 Å². The van der Waals surface area contributed by atoms with Crippen LogP contribution in [0.3, 0.4) is 0 Å². The highest BCUT2D eigenvalue weighted by molar-refractivity contribution is 5.94. The minimum atomic E-state index is -0.136. The van der Waals surface area contributed by atoms with E-state index in [1.54, 1.807) is 14.0 Å². The SMILES string of the molecule is COc1cccc(C[C@]2(CO)CCCN(Cc3cccc(C(C)=O)c3)C2)c1. The lowest BCUT2D eigenvalue weighted by Crippen LogP contribution is -2.46. The van der Waals surface area contributed by atoms with Crippen LogP contribution in [0.1, 0.15) is 41.3 Å². The Hall–Kier alpha value is -2.17. The van der Waals surface area contributed by atoms with Crippen LogP contribution in [-0.2, 0) is 13.0 Å². The Bertz CT molecular complexity index is 789. The van der Waals surface area contributed by atoms with Crippen LogP contribution in [0.5, 0.6) is 5.75 Å². The number of nitrogens with zero attached hydrogens (tertiary/aromatic N) is 1. The number of hydrogen-bond acceptors (Lipinski definition) is 4. The standard InChI is InChI=1S/C23H29NO3/c1-18(26)21-8-3-7-20(12-21)15-24-11-5-10-23(16-24,17-25)14-19-6-4-9-22(13-19)27-2/h3-4,6-9,12-13,25H,5,10-11,14-17H2,1-2H3/t23-/m1/s1. The van der Waals surface area contributed by atoms with Crippen LogP contribution in [0, 0.1) is 5.41 Å². The average Bonchev–Trinajstić information content (AvgIpc) is 2.68. The van der Waals surface area contributed by atoms with E-state index in [-0.39, 0.29) is 17.8 Å². The lowest BCUT2D eigenvalue weighted by molar-refractivity contribution is 0.0288. The van der Waals surface area contributed by atoms with Crippen LogP contribution in [0.4, 0.5) is 0 Å². The van der Waals surface area contributed by atoms with E-state index in [4.69, 9.17) is 4.74 Å². The zero-order chi connectivity index (χ0) is 19.3. The molecule has 2 aromatic carbocycles. The van der Waals surface area contributed by atoms with Crippen LogP contribution < -0.4 is 4.74 Å². The number of aliphatic hydroxyl groups is 1. The molecule has 0 unspecified atom stereocenters. The highest BCUT2D eigenvalue weighted by atomic mass is 16.5. The first-order chi connectivity index (χ1) is 13.0. The van der Waals surface area contributed by atoms with Gasteiger partial charge >= 0.3 is 0 Å². The smallest absolute Gasteiger partial charge is 0.159 e. The van der Waals surface area contributed by atoms with Gasteiger partial charge in [-0.25, -0.2) is 0 Å².